The van der Waals surface area contributed by atoms with E-state index in [1.165, 1.54) is 5.56 Å². The Morgan fingerprint density at radius 1 is 1.55 bits per heavy atom. The number of hydrogen-bond acceptors (Lipinski definition) is 2. The lowest BCUT2D eigenvalue weighted by molar-refractivity contribution is 0.133. The first-order valence-electron chi connectivity index (χ1n) is 3.40. The molecule has 2 heteroatoms. The van der Waals surface area contributed by atoms with Gasteiger partial charge in [0.05, 0.1) is 6.72 Å². The minimum absolute atomic E-state index is 0.443. The van der Waals surface area contributed by atoms with Crippen molar-refractivity contribution in [3.63, 3.8) is 0 Å². The molecule has 0 spiro atoms. The predicted octanol–water partition coefficient (Wildman–Crippen LogP) is 2.00. The molecule has 1 aromatic rings. The molecule has 0 heterocycles. The third kappa shape index (κ3) is 2.42. The van der Waals surface area contributed by atoms with Crippen LogP contribution in [0, 0.1) is 6.92 Å². The third-order valence-electron chi connectivity index (χ3n) is 1.39. The summed E-state index contributed by atoms with van der Waals surface area (Å²) in [6.07, 6.45) is 0. The van der Waals surface area contributed by atoms with Crippen LogP contribution < -0.4 is 0 Å². The van der Waals surface area contributed by atoms with Gasteiger partial charge in [-0.1, -0.05) is 35.0 Å². The Kier molecular flexibility index (Phi) is 2.66. The van der Waals surface area contributed by atoms with Crippen LogP contribution in [0.2, 0.25) is 0 Å². The van der Waals surface area contributed by atoms with Crippen molar-refractivity contribution in [1.82, 2.24) is 0 Å². The van der Waals surface area contributed by atoms with E-state index in [0.29, 0.717) is 6.61 Å². The van der Waals surface area contributed by atoms with Crippen molar-refractivity contribution in [3.05, 3.63) is 35.4 Å². The molecule has 11 heavy (non-hydrogen) atoms. The zero-order valence-corrected chi connectivity index (χ0v) is 6.45. The lowest BCUT2D eigenvalue weighted by Gasteiger charge is -1.99. The molecular weight excluding hydrogens is 138 g/mol. The Bertz CT molecular complexity index is 245. The van der Waals surface area contributed by atoms with Crippen LogP contribution in [-0.4, -0.2) is 6.72 Å². The number of benzene rings is 1. The standard InChI is InChI=1S/C9H10NO/c1-8-4-3-5-9(6-8)7-11-10-2/h2-6H,7H2,1H3. The quantitative estimate of drug-likeness (QED) is 0.474. The maximum Gasteiger partial charge on any atom is 0.142 e. The van der Waals surface area contributed by atoms with E-state index >= 15 is 0 Å². The summed E-state index contributed by atoms with van der Waals surface area (Å²) < 4.78 is 0. The summed E-state index contributed by atoms with van der Waals surface area (Å²) in [4.78, 5) is 4.68. The molecule has 0 amide bonds. The van der Waals surface area contributed by atoms with Crippen molar-refractivity contribution in [2.24, 2.45) is 5.16 Å². The highest BCUT2D eigenvalue weighted by molar-refractivity contribution is 5.22. The Morgan fingerprint density at radius 3 is 3.00 bits per heavy atom. The minimum atomic E-state index is 0.443. The third-order valence-corrected chi connectivity index (χ3v) is 1.39. The molecule has 1 rings (SSSR count). The molecule has 0 fully saturated rings. The summed E-state index contributed by atoms with van der Waals surface area (Å²) in [5, 5.41) is 3.06. The van der Waals surface area contributed by atoms with Gasteiger partial charge in [-0.25, -0.2) is 0 Å². The van der Waals surface area contributed by atoms with Crippen LogP contribution >= 0.6 is 0 Å². The van der Waals surface area contributed by atoms with Gasteiger partial charge in [0.15, 0.2) is 0 Å². The number of aryl methyl sites for hydroxylation is 1. The second-order valence-electron chi connectivity index (χ2n) is 2.37. The van der Waals surface area contributed by atoms with Gasteiger partial charge < -0.3 is 4.84 Å². The van der Waals surface area contributed by atoms with Crippen molar-refractivity contribution in [2.75, 3.05) is 0 Å². The maximum absolute atomic E-state index is 4.82. The first-order chi connectivity index (χ1) is 5.33. The molecule has 57 valence electrons. The zero-order valence-electron chi connectivity index (χ0n) is 6.45. The van der Waals surface area contributed by atoms with E-state index in [1.54, 1.807) is 0 Å². The second kappa shape index (κ2) is 3.76. The van der Waals surface area contributed by atoms with E-state index in [4.69, 9.17) is 6.72 Å². The van der Waals surface area contributed by atoms with Crippen LogP contribution in [0.25, 0.3) is 0 Å². The SMILES string of the molecule is [CH]=NOCc1cccc(C)c1. The molecule has 0 aliphatic carbocycles. The highest BCUT2D eigenvalue weighted by Crippen LogP contribution is 2.04. The zero-order chi connectivity index (χ0) is 8.10. The van der Waals surface area contributed by atoms with Gasteiger partial charge in [0.25, 0.3) is 0 Å². The Hall–Kier alpha value is -1.31. The van der Waals surface area contributed by atoms with Crippen LogP contribution in [-0.2, 0) is 11.4 Å². The van der Waals surface area contributed by atoms with Crippen LogP contribution in [0.4, 0.5) is 0 Å². The summed E-state index contributed by atoms with van der Waals surface area (Å²) >= 11 is 0. The number of nitrogens with zero attached hydrogens (tertiary/aromatic N) is 1. The first kappa shape index (κ1) is 7.79. The van der Waals surface area contributed by atoms with Crippen LogP contribution in [0.5, 0.6) is 0 Å². The number of rotatable bonds is 3. The van der Waals surface area contributed by atoms with Gasteiger partial charge in [0, 0.05) is 0 Å². The van der Waals surface area contributed by atoms with Crippen LogP contribution in [0.3, 0.4) is 0 Å². The van der Waals surface area contributed by atoms with E-state index < -0.39 is 0 Å². The molecule has 2 nitrogen and oxygen atoms in total. The van der Waals surface area contributed by atoms with Crippen molar-refractivity contribution in [1.29, 1.82) is 0 Å². The van der Waals surface area contributed by atoms with Gasteiger partial charge in [0.2, 0.25) is 0 Å². The molecule has 0 saturated heterocycles. The highest BCUT2D eigenvalue weighted by atomic mass is 16.6. The van der Waals surface area contributed by atoms with Crippen molar-refractivity contribution < 1.29 is 4.84 Å². The molecular formula is C9H10NO. The average Bonchev–Trinajstić information content (AvgIpc) is 2.01. The van der Waals surface area contributed by atoms with Crippen LogP contribution in [0.15, 0.2) is 29.4 Å². The van der Waals surface area contributed by atoms with E-state index in [0.717, 1.165) is 5.56 Å². The molecule has 0 N–H and O–H groups in total. The monoisotopic (exact) mass is 148 g/mol. The molecule has 0 unspecified atom stereocenters. The molecule has 0 aliphatic heterocycles. The van der Waals surface area contributed by atoms with Gasteiger partial charge in [-0.05, 0) is 12.5 Å². The van der Waals surface area contributed by atoms with Gasteiger partial charge >= 0.3 is 0 Å². The molecule has 0 bridgehead atoms. The smallest absolute Gasteiger partial charge is 0.142 e. The van der Waals surface area contributed by atoms with E-state index in [9.17, 15) is 0 Å². The van der Waals surface area contributed by atoms with E-state index in [-0.39, 0.29) is 0 Å². The molecule has 0 atom stereocenters. The summed E-state index contributed by atoms with van der Waals surface area (Å²) in [5.74, 6) is 0. The predicted molar refractivity (Wildman–Crippen MR) is 44.5 cm³/mol. The fraction of sp³-hybridized carbons (Fsp3) is 0.222. The molecule has 0 saturated carbocycles. The van der Waals surface area contributed by atoms with Crippen molar-refractivity contribution >= 4 is 6.72 Å². The van der Waals surface area contributed by atoms with Gasteiger partial charge in [-0.2, -0.15) is 0 Å². The Labute approximate surface area is 66.5 Å². The molecule has 1 radical (unpaired) electrons. The Balaban J connectivity index is 2.63. The first-order valence-corrected chi connectivity index (χ1v) is 3.40. The fourth-order valence-electron chi connectivity index (χ4n) is 0.914. The van der Waals surface area contributed by atoms with E-state index in [1.807, 2.05) is 31.2 Å². The summed E-state index contributed by atoms with van der Waals surface area (Å²) in [5.41, 5.74) is 2.29. The highest BCUT2D eigenvalue weighted by Gasteiger charge is 1.91. The van der Waals surface area contributed by atoms with E-state index in [2.05, 4.69) is 9.99 Å². The second-order valence-corrected chi connectivity index (χ2v) is 2.37. The summed E-state index contributed by atoms with van der Waals surface area (Å²) in [7, 11) is 0. The molecule has 0 aliphatic rings. The van der Waals surface area contributed by atoms with Crippen molar-refractivity contribution in [3.8, 4) is 0 Å². The van der Waals surface area contributed by atoms with Gasteiger partial charge in [-0.15, -0.1) is 0 Å². The maximum atomic E-state index is 4.82. The normalized spacial score (nSPS) is 9.18. The molecule has 0 aromatic heterocycles. The Morgan fingerprint density at radius 2 is 2.36 bits per heavy atom. The minimum Gasteiger partial charge on any atom is -0.391 e. The molecule has 1 aromatic carbocycles. The van der Waals surface area contributed by atoms with Crippen molar-refractivity contribution in [2.45, 2.75) is 13.5 Å². The van der Waals surface area contributed by atoms with Gasteiger partial charge in [-0.3, -0.25) is 0 Å². The number of hydrogen-bond donors (Lipinski definition) is 0. The van der Waals surface area contributed by atoms with Crippen LogP contribution in [0.1, 0.15) is 11.1 Å². The lowest BCUT2D eigenvalue weighted by atomic mass is 10.1. The lowest BCUT2D eigenvalue weighted by Crippen LogP contribution is -1.86. The largest absolute Gasteiger partial charge is 0.391 e. The summed E-state index contributed by atoms with van der Waals surface area (Å²) in [6.45, 7) is 7.29. The fourth-order valence-corrected chi connectivity index (χ4v) is 0.914. The average molecular weight is 148 g/mol. The summed E-state index contributed by atoms with van der Waals surface area (Å²) in [6, 6.07) is 8.01. The van der Waals surface area contributed by atoms with Gasteiger partial charge in [0.1, 0.15) is 6.61 Å². The topological polar surface area (TPSA) is 21.6 Å².